The van der Waals surface area contributed by atoms with Gasteiger partial charge in [-0.25, -0.2) is 9.78 Å². The quantitative estimate of drug-likeness (QED) is 0.786. The molecule has 0 spiro atoms. The Bertz CT molecular complexity index is 449. The van der Waals surface area contributed by atoms with Crippen molar-refractivity contribution in [2.75, 3.05) is 18.0 Å². The van der Waals surface area contributed by atoms with E-state index in [0.29, 0.717) is 25.3 Å². The maximum absolute atomic E-state index is 11.0. The molecule has 4 nitrogen and oxygen atoms in total. The SMILES string of the molecule is C#CCN(CC)c1cc(C(=O)O)cc(CC)n1. The topological polar surface area (TPSA) is 53.4 Å². The van der Waals surface area contributed by atoms with Crippen LogP contribution in [0.5, 0.6) is 0 Å². The Balaban J connectivity index is 3.18. The van der Waals surface area contributed by atoms with Crippen LogP contribution in [-0.4, -0.2) is 29.1 Å². The molecule has 1 N–H and O–H groups in total. The molecule has 0 aromatic carbocycles. The molecule has 0 bridgehead atoms. The van der Waals surface area contributed by atoms with Crippen LogP contribution < -0.4 is 4.90 Å². The first kappa shape index (κ1) is 13.0. The van der Waals surface area contributed by atoms with E-state index in [0.717, 1.165) is 5.69 Å². The summed E-state index contributed by atoms with van der Waals surface area (Å²) in [5.74, 6) is 2.22. The number of aromatic carboxylic acids is 1. The van der Waals surface area contributed by atoms with Gasteiger partial charge in [-0.1, -0.05) is 12.8 Å². The average Bonchev–Trinajstić information content (AvgIpc) is 2.35. The molecule has 1 aromatic heterocycles. The van der Waals surface area contributed by atoms with E-state index in [4.69, 9.17) is 11.5 Å². The Morgan fingerprint density at radius 1 is 1.53 bits per heavy atom. The minimum Gasteiger partial charge on any atom is -0.478 e. The first-order chi connectivity index (χ1) is 8.12. The van der Waals surface area contributed by atoms with Crippen molar-refractivity contribution in [3.63, 3.8) is 0 Å². The van der Waals surface area contributed by atoms with E-state index in [-0.39, 0.29) is 5.56 Å². The third-order valence-corrected chi connectivity index (χ3v) is 2.46. The second-order valence-corrected chi connectivity index (χ2v) is 3.58. The summed E-state index contributed by atoms with van der Waals surface area (Å²) < 4.78 is 0. The van der Waals surface area contributed by atoms with E-state index in [1.807, 2.05) is 18.7 Å². The van der Waals surface area contributed by atoms with E-state index in [2.05, 4.69) is 10.9 Å². The Morgan fingerprint density at radius 2 is 2.24 bits per heavy atom. The molecule has 1 aromatic rings. The third-order valence-electron chi connectivity index (χ3n) is 2.46. The minimum absolute atomic E-state index is 0.252. The molecule has 0 aliphatic rings. The number of nitrogens with zero attached hydrogens (tertiary/aromatic N) is 2. The molecule has 0 aliphatic carbocycles. The van der Waals surface area contributed by atoms with Crippen molar-refractivity contribution in [2.45, 2.75) is 20.3 Å². The van der Waals surface area contributed by atoms with Gasteiger partial charge in [0.05, 0.1) is 12.1 Å². The lowest BCUT2D eigenvalue weighted by atomic mass is 10.2. The molecule has 0 atom stereocenters. The van der Waals surface area contributed by atoms with Gasteiger partial charge in [0.1, 0.15) is 5.82 Å². The van der Waals surface area contributed by atoms with Crippen molar-refractivity contribution in [3.05, 3.63) is 23.4 Å². The molecule has 1 rings (SSSR count). The summed E-state index contributed by atoms with van der Waals surface area (Å²) in [6, 6.07) is 3.15. The summed E-state index contributed by atoms with van der Waals surface area (Å²) in [6.45, 7) is 5.02. The number of aromatic nitrogens is 1. The maximum atomic E-state index is 11.0. The summed E-state index contributed by atoms with van der Waals surface area (Å²) in [6.07, 6.45) is 5.97. The number of carbonyl (C=O) groups is 1. The molecule has 1 heterocycles. The fourth-order valence-corrected chi connectivity index (χ4v) is 1.50. The number of hydrogen-bond donors (Lipinski definition) is 1. The second-order valence-electron chi connectivity index (χ2n) is 3.58. The Kier molecular flexibility index (Phi) is 4.53. The zero-order valence-corrected chi connectivity index (χ0v) is 10.1. The van der Waals surface area contributed by atoms with Crippen LogP contribution in [0, 0.1) is 12.3 Å². The number of terminal acetylenes is 1. The number of pyridine rings is 1. The standard InChI is InChI=1S/C13H16N2O2/c1-4-7-15(6-3)12-9-10(13(16)17)8-11(5-2)14-12/h1,8-9H,5-7H2,2-3H3,(H,16,17). The summed E-state index contributed by atoms with van der Waals surface area (Å²) >= 11 is 0. The van der Waals surface area contributed by atoms with Gasteiger partial charge in [0.15, 0.2) is 0 Å². The molecule has 17 heavy (non-hydrogen) atoms. The lowest BCUT2D eigenvalue weighted by Crippen LogP contribution is -2.24. The maximum Gasteiger partial charge on any atom is 0.335 e. The van der Waals surface area contributed by atoms with Crippen molar-refractivity contribution in [2.24, 2.45) is 0 Å². The van der Waals surface area contributed by atoms with Crippen LogP contribution in [0.25, 0.3) is 0 Å². The predicted molar refractivity (Wildman–Crippen MR) is 67.3 cm³/mol. The van der Waals surface area contributed by atoms with Crippen LogP contribution in [0.15, 0.2) is 12.1 Å². The van der Waals surface area contributed by atoms with Crippen molar-refractivity contribution in [1.29, 1.82) is 0 Å². The largest absolute Gasteiger partial charge is 0.478 e. The second kappa shape index (κ2) is 5.90. The zero-order chi connectivity index (χ0) is 12.8. The zero-order valence-electron chi connectivity index (χ0n) is 10.1. The lowest BCUT2D eigenvalue weighted by molar-refractivity contribution is 0.0696. The van der Waals surface area contributed by atoms with Gasteiger partial charge in [-0.15, -0.1) is 6.42 Å². The van der Waals surface area contributed by atoms with Crippen LogP contribution in [-0.2, 0) is 6.42 Å². The molecular formula is C13H16N2O2. The number of carboxylic acids is 1. The predicted octanol–water partition coefficient (Wildman–Crippen LogP) is 1.80. The molecule has 0 radical (unpaired) electrons. The summed E-state index contributed by atoms with van der Waals surface area (Å²) in [5.41, 5.74) is 1.01. The number of rotatable bonds is 5. The molecular weight excluding hydrogens is 216 g/mol. The summed E-state index contributed by atoms with van der Waals surface area (Å²) in [7, 11) is 0. The smallest absolute Gasteiger partial charge is 0.335 e. The minimum atomic E-state index is -0.944. The molecule has 0 saturated heterocycles. The van der Waals surface area contributed by atoms with Gasteiger partial charge in [0, 0.05) is 12.2 Å². The van der Waals surface area contributed by atoms with Crippen LogP contribution >= 0.6 is 0 Å². The van der Waals surface area contributed by atoms with Crippen molar-refractivity contribution in [3.8, 4) is 12.3 Å². The highest BCUT2D eigenvalue weighted by molar-refractivity contribution is 5.88. The highest BCUT2D eigenvalue weighted by atomic mass is 16.4. The fraction of sp³-hybridized carbons (Fsp3) is 0.385. The van der Waals surface area contributed by atoms with Crippen LogP contribution in [0.1, 0.15) is 29.9 Å². The van der Waals surface area contributed by atoms with Crippen LogP contribution in [0.4, 0.5) is 5.82 Å². The first-order valence-electron chi connectivity index (χ1n) is 5.55. The Hall–Kier alpha value is -2.02. The Morgan fingerprint density at radius 3 is 2.71 bits per heavy atom. The van der Waals surface area contributed by atoms with Crippen molar-refractivity contribution in [1.82, 2.24) is 4.98 Å². The first-order valence-corrected chi connectivity index (χ1v) is 5.55. The Labute approximate surface area is 101 Å². The highest BCUT2D eigenvalue weighted by Gasteiger charge is 2.11. The van der Waals surface area contributed by atoms with Crippen molar-refractivity contribution >= 4 is 11.8 Å². The van der Waals surface area contributed by atoms with Crippen LogP contribution in [0.2, 0.25) is 0 Å². The molecule has 0 fully saturated rings. The summed E-state index contributed by atoms with van der Waals surface area (Å²) in [4.78, 5) is 17.3. The van der Waals surface area contributed by atoms with Crippen molar-refractivity contribution < 1.29 is 9.90 Å². The molecule has 0 aliphatic heterocycles. The molecule has 0 unspecified atom stereocenters. The molecule has 0 saturated carbocycles. The summed E-state index contributed by atoms with van der Waals surface area (Å²) in [5, 5.41) is 9.03. The van der Waals surface area contributed by atoms with Gasteiger partial charge in [0.2, 0.25) is 0 Å². The van der Waals surface area contributed by atoms with Gasteiger partial charge in [-0.05, 0) is 25.5 Å². The fourth-order valence-electron chi connectivity index (χ4n) is 1.50. The molecule has 0 amide bonds. The lowest BCUT2D eigenvalue weighted by Gasteiger charge is -2.20. The van der Waals surface area contributed by atoms with Gasteiger partial charge in [-0.3, -0.25) is 0 Å². The van der Waals surface area contributed by atoms with E-state index in [9.17, 15) is 4.79 Å². The van der Waals surface area contributed by atoms with E-state index < -0.39 is 5.97 Å². The number of carboxylic acid groups (broad SMARTS) is 1. The van der Waals surface area contributed by atoms with Gasteiger partial charge >= 0.3 is 5.97 Å². The van der Waals surface area contributed by atoms with E-state index in [1.165, 1.54) is 0 Å². The number of aryl methyl sites for hydroxylation is 1. The normalized spacial score (nSPS) is 9.71. The monoisotopic (exact) mass is 232 g/mol. The average molecular weight is 232 g/mol. The third kappa shape index (κ3) is 3.22. The highest BCUT2D eigenvalue weighted by Crippen LogP contribution is 2.15. The number of anilines is 1. The van der Waals surface area contributed by atoms with Gasteiger partial charge < -0.3 is 10.0 Å². The molecule has 4 heteroatoms. The van der Waals surface area contributed by atoms with Crippen LogP contribution in [0.3, 0.4) is 0 Å². The number of hydrogen-bond acceptors (Lipinski definition) is 3. The van der Waals surface area contributed by atoms with Gasteiger partial charge in [-0.2, -0.15) is 0 Å². The molecule has 90 valence electrons. The van der Waals surface area contributed by atoms with Gasteiger partial charge in [0.25, 0.3) is 0 Å². The van der Waals surface area contributed by atoms with E-state index >= 15 is 0 Å². The van der Waals surface area contributed by atoms with E-state index in [1.54, 1.807) is 12.1 Å².